The van der Waals surface area contributed by atoms with Gasteiger partial charge in [-0.2, -0.15) is 0 Å². The predicted octanol–water partition coefficient (Wildman–Crippen LogP) is 1.86. The van der Waals surface area contributed by atoms with Crippen LogP contribution in [0.25, 0.3) is 0 Å². The Morgan fingerprint density at radius 2 is 1.88 bits per heavy atom. The van der Waals surface area contributed by atoms with E-state index < -0.39 is 17.2 Å². The third-order valence-corrected chi connectivity index (χ3v) is 6.51. The van der Waals surface area contributed by atoms with Crippen molar-refractivity contribution >= 4 is 29.3 Å². The molecule has 0 unspecified atom stereocenters. The van der Waals surface area contributed by atoms with Crippen molar-refractivity contribution in [3.63, 3.8) is 0 Å². The molecule has 2 saturated heterocycles. The SMILES string of the molecule is COc1ccc2c(c1)C(=O)N(C[C@@]1(C#Cc3ccc(N4CCCC4=O)cc3)CC(=O)NC1=O)C2. The van der Waals surface area contributed by atoms with Gasteiger partial charge >= 0.3 is 0 Å². The first-order valence-electron chi connectivity index (χ1n) is 11.1. The number of carbonyl (C=O) groups excluding carboxylic acids is 4. The minimum Gasteiger partial charge on any atom is -0.497 e. The van der Waals surface area contributed by atoms with Gasteiger partial charge in [0.1, 0.15) is 11.2 Å². The molecule has 1 N–H and O–H groups in total. The fraction of sp³-hybridized carbons (Fsp3) is 0.308. The molecular formula is C26H23N3O5. The van der Waals surface area contributed by atoms with Gasteiger partial charge < -0.3 is 14.5 Å². The number of imide groups is 1. The average Bonchev–Trinajstić information content (AvgIpc) is 3.48. The van der Waals surface area contributed by atoms with E-state index in [-0.39, 0.29) is 24.8 Å². The number of hydrogen-bond donors (Lipinski definition) is 1. The fourth-order valence-electron chi connectivity index (χ4n) is 4.67. The molecule has 0 aromatic heterocycles. The maximum absolute atomic E-state index is 13.0. The predicted molar refractivity (Wildman–Crippen MR) is 123 cm³/mol. The normalized spacial score (nSPS) is 21.4. The standard InChI is InChI=1S/C26H23N3O5/c1-34-20-9-6-18-15-28(24(32)21(18)13-20)16-26(14-22(30)27-25(26)33)11-10-17-4-7-19(8-5-17)29-12-2-3-23(29)31/h4-9,13H,2-3,12,14-16H2,1H3,(H,27,30,33)/t26-/m1/s1. The van der Waals surface area contributed by atoms with Crippen LogP contribution in [0.1, 0.15) is 40.7 Å². The zero-order chi connectivity index (χ0) is 23.9. The topological polar surface area (TPSA) is 96.0 Å². The Morgan fingerprint density at radius 1 is 1.09 bits per heavy atom. The van der Waals surface area contributed by atoms with Crippen molar-refractivity contribution in [2.24, 2.45) is 5.41 Å². The second-order valence-corrected chi connectivity index (χ2v) is 8.77. The second kappa shape index (κ2) is 8.34. The highest BCUT2D eigenvalue weighted by Gasteiger charge is 2.48. The summed E-state index contributed by atoms with van der Waals surface area (Å²) in [6.07, 6.45) is 1.29. The number of ether oxygens (including phenoxy) is 1. The molecule has 5 rings (SSSR count). The van der Waals surface area contributed by atoms with Crippen molar-refractivity contribution in [3.05, 3.63) is 59.2 Å². The first kappa shape index (κ1) is 21.7. The highest BCUT2D eigenvalue weighted by atomic mass is 16.5. The summed E-state index contributed by atoms with van der Waals surface area (Å²) in [5.41, 5.74) is 1.50. The molecule has 4 amide bonds. The third kappa shape index (κ3) is 3.79. The van der Waals surface area contributed by atoms with E-state index in [0.717, 1.165) is 17.7 Å². The summed E-state index contributed by atoms with van der Waals surface area (Å²) in [4.78, 5) is 53.2. The van der Waals surface area contributed by atoms with E-state index in [2.05, 4.69) is 17.2 Å². The van der Waals surface area contributed by atoms with E-state index in [0.29, 0.717) is 36.4 Å². The molecule has 172 valence electrons. The maximum atomic E-state index is 13.0. The Bertz CT molecular complexity index is 1270. The van der Waals surface area contributed by atoms with Gasteiger partial charge in [-0.25, -0.2) is 0 Å². The van der Waals surface area contributed by atoms with Crippen molar-refractivity contribution in [1.82, 2.24) is 10.2 Å². The average molecular weight is 457 g/mol. The van der Waals surface area contributed by atoms with E-state index in [1.807, 2.05) is 18.2 Å². The number of anilines is 1. The molecule has 0 radical (unpaired) electrons. The van der Waals surface area contributed by atoms with Crippen LogP contribution in [0.4, 0.5) is 5.69 Å². The van der Waals surface area contributed by atoms with Gasteiger partial charge in [0.05, 0.1) is 13.5 Å². The van der Waals surface area contributed by atoms with Crippen LogP contribution < -0.4 is 15.0 Å². The summed E-state index contributed by atoms with van der Waals surface area (Å²) in [7, 11) is 1.54. The molecule has 8 nitrogen and oxygen atoms in total. The van der Waals surface area contributed by atoms with Gasteiger partial charge in [-0.3, -0.25) is 24.5 Å². The van der Waals surface area contributed by atoms with E-state index in [9.17, 15) is 19.2 Å². The van der Waals surface area contributed by atoms with Crippen LogP contribution in [0.15, 0.2) is 42.5 Å². The Balaban J connectivity index is 1.39. The molecule has 3 aliphatic heterocycles. The van der Waals surface area contributed by atoms with Crippen LogP contribution in [-0.4, -0.2) is 48.7 Å². The Labute approximate surface area is 196 Å². The van der Waals surface area contributed by atoms with Gasteiger partial charge in [0.15, 0.2) is 0 Å². The van der Waals surface area contributed by atoms with E-state index in [1.54, 1.807) is 34.1 Å². The molecular weight excluding hydrogens is 434 g/mol. The lowest BCUT2D eigenvalue weighted by Crippen LogP contribution is -2.42. The number of rotatable bonds is 4. The monoisotopic (exact) mass is 457 g/mol. The molecule has 2 aromatic rings. The fourth-order valence-corrected chi connectivity index (χ4v) is 4.67. The van der Waals surface area contributed by atoms with E-state index in [4.69, 9.17) is 4.74 Å². The first-order chi connectivity index (χ1) is 16.4. The molecule has 3 aliphatic rings. The number of nitrogens with one attached hydrogen (secondary N) is 1. The van der Waals surface area contributed by atoms with E-state index >= 15 is 0 Å². The van der Waals surface area contributed by atoms with Crippen LogP contribution in [0.5, 0.6) is 5.75 Å². The summed E-state index contributed by atoms with van der Waals surface area (Å²) in [5.74, 6) is 5.58. The number of hydrogen-bond acceptors (Lipinski definition) is 5. The van der Waals surface area contributed by atoms with Gasteiger partial charge in [0, 0.05) is 42.9 Å². The minimum absolute atomic E-state index is 0.00770. The third-order valence-electron chi connectivity index (χ3n) is 6.51. The molecule has 0 bridgehead atoms. The molecule has 0 spiro atoms. The quantitative estimate of drug-likeness (QED) is 0.559. The molecule has 0 aliphatic carbocycles. The highest BCUT2D eigenvalue weighted by molar-refractivity contribution is 6.08. The molecule has 34 heavy (non-hydrogen) atoms. The first-order valence-corrected chi connectivity index (χ1v) is 11.1. The Morgan fingerprint density at radius 3 is 2.53 bits per heavy atom. The Kier molecular flexibility index (Phi) is 5.33. The van der Waals surface area contributed by atoms with Crippen LogP contribution in [0.3, 0.4) is 0 Å². The van der Waals surface area contributed by atoms with Gasteiger partial charge in [-0.05, 0) is 48.4 Å². The highest BCUT2D eigenvalue weighted by Crippen LogP contribution is 2.33. The van der Waals surface area contributed by atoms with Gasteiger partial charge in [0.2, 0.25) is 17.7 Å². The Hall–Kier alpha value is -4.12. The van der Waals surface area contributed by atoms with E-state index in [1.165, 1.54) is 7.11 Å². The smallest absolute Gasteiger partial charge is 0.254 e. The second-order valence-electron chi connectivity index (χ2n) is 8.77. The lowest BCUT2D eigenvalue weighted by molar-refractivity contribution is -0.127. The number of methoxy groups -OCH3 is 1. The number of carbonyl (C=O) groups is 4. The number of fused-ring (bicyclic) bond motifs is 1. The van der Waals surface area contributed by atoms with Crippen LogP contribution in [0, 0.1) is 17.3 Å². The lowest BCUT2D eigenvalue weighted by Gasteiger charge is -2.25. The maximum Gasteiger partial charge on any atom is 0.254 e. The van der Waals surface area contributed by atoms with Crippen LogP contribution in [-0.2, 0) is 20.9 Å². The number of amides is 4. The molecule has 8 heteroatoms. The molecule has 2 aromatic carbocycles. The summed E-state index contributed by atoms with van der Waals surface area (Å²) >= 11 is 0. The van der Waals surface area contributed by atoms with Gasteiger partial charge in [-0.1, -0.05) is 17.9 Å². The van der Waals surface area contributed by atoms with Gasteiger partial charge in [0.25, 0.3) is 5.91 Å². The number of benzene rings is 2. The molecule has 2 fully saturated rings. The lowest BCUT2D eigenvalue weighted by atomic mass is 9.85. The summed E-state index contributed by atoms with van der Waals surface area (Å²) in [5, 5.41) is 2.34. The largest absolute Gasteiger partial charge is 0.497 e. The molecule has 3 heterocycles. The van der Waals surface area contributed by atoms with Gasteiger partial charge in [-0.15, -0.1) is 0 Å². The van der Waals surface area contributed by atoms with Crippen LogP contribution in [0.2, 0.25) is 0 Å². The summed E-state index contributed by atoms with van der Waals surface area (Å²) in [6.45, 7) is 1.04. The van der Waals surface area contributed by atoms with Crippen molar-refractivity contribution in [3.8, 4) is 17.6 Å². The van der Waals surface area contributed by atoms with Crippen molar-refractivity contribution < 1.29 is 23.9 Å². The minimum atomic E-state index is -1.33. The summed E-state index contributed by atoms with van der Waals surface area (Å²) in [6, 6.07) is 12.5. The van der Waals surface area contributed by atoms with Crippen molar-refractivity contribution in [1.29, 1.82) is 0 Å². The zero-order valence-corrected chi connectivity index (χ0v) is 18.7. The van der Waals surface area contributed by atoms with Crippen LogP contribution >= 0.6 is 0 Å². The van der Waals surface area contributed by atoms with Crippen molar-refractivity contribution in [2.45, 2.75) is 25.8 Å². The number of nitrogens with zero attached hydrogens (tertiary/aromatic N) is 2. The summed E-state index contributed by atoms with van der Waals surface area (Å²) < 4.78 is 5.22. The van der Waals surface area contributed by atoms with Crippen molar-refractivity contribution in [2.75, 3.05) is 25.1 Å². The molecule has 0 saturated carbocycles. The molecule has 1 atom stereocenters. The zero-order valence-electron chi connectivity index (χ0n) is 18.7.